The topological polar surface area (TPSA) is 24.9 Å². The van der Waals surface area contributed by atoms with Gasteiger partial charge in [-0.3, -0.25) is 4.98 Å². The molecule has 0 aliphatic carbocycles. The van der Waals surface area contributed by atoms with Gasteiger partial charge in [0.1, 0.15) is 5.82 Å². The summed E-state index contributed by atoms with van der Waals surface area (Å²) in [5, 5.41) is 3.40. The van der Waals surface area contributed by atoms with E-state index in [4.69, 9.17) is 0 Å². The molecule has 1 unspecified atom stereocenters. The Hall–Kier alpha value is -1.26. The average molecular weight is 323 g/mol. The molecule has 0 bridgehead atoms. The van der Waals surface area contributed by atoms with Crippen LogP contribution in [0.5, 0.6) is 0 Å². The van der Waals surface area contributed by atoms with Crippen LogP contribution in [-0.2, 0) is 6.54 Å². The van der Waals surface area contributed by atoms with Gasteiger partial charge < -0.3 is 5.32 Å². The second-order valence-corrected chi connectivity index (χ2v) is 5.44. The van der Waals surface area contributed by atoms with Crippen LogP contribution >= 0.6 is 15.9 Å². The quantitative estimate of drug-likeness (QED) is 0.915. The maximum Gasteiger partial charge on any atom is 0.137 e. The van der Waals surface area contributed by atoms with Crippen LogP contribution in [0.3, 0.4) is 0 Å². The molecule has 1 aromatic heterocycles. The van der Waals surface area contributed by atoms with E-state index in [2.05, 4.69) is 39.2 Å². The van der Waals surface area contributed by atoms with E-state index < -0.39 is 0 Å². The zero-order valence-electron chi connectivity index (χ0n) is 11.0. The van der Waals surface area contributed by atoms with E-state index in [0.29, 0.717) is 4.47 Å². The molecule has 19 heavy (non-hydrogen) atoms. The maximum absolute atomic E-state index is 13.2. The fourth-order valence-electron chi connectivity index (χ4n) is 1.77. The van der Waals surface area contributed by atoms with Gasteiger partial charge in [-0.15, -0.1) is 0 Å². The van der Waals surface area contributed by atoms with E-state index in [0.717, 1.165) is 23.4 Å². The Balaban J connectivity index is 1.98. The number of rotatable bonds is 4. The number of aryl methyl sites for hydroxylation is 1. The third-order valence-electron chi connectivity index (χ3n) is 3.03. The minimum absolute atomic E-state index is 0.151. The number of pyridine rings is 1. The Kier molecular flexibility index (Phi) is 4.66. The molecule has 0 radical (unpaired) electrons. The Bertz CT molecular complexity index is 555. The lowest BCUT2D eigenvalue weighted by atomic mass is 10.1. The average Bonchev–Trinajstić information content (AvgIpc) is 2.41. The van der Waals surface area contributed by atoms with Crippen LogP contribution in [0.15, 0.2) is 41.0 Å². The first kappa shape index (κ1) is 14.2. The normalized spacial score (nSPS) is 12.4. The third-order valence-corrected chi connectivity index (χ3v) is 3.64. The summed E-state index contributed by atoms with van der Waals surface area (Å²) >= 11 is 3.21. The summed E-state index contributed by atoms with van der Waals surface area (Å²) in [5.41, 5.74) is 3.20. The summed E-state index contributed by atoms with van der Waals surface area (Å²) in [4.78, 5) is 4.26. The highest BCUT2D eigenvalue weighted by atomic mass is 79.9. The molecule has 1 aromatic carbocycles. The van der Waals surface area contributed by atoms with Crippen LogP contribution in [0.25, 0.3) is 0 Å². The lowest BCUT2D eigenvalue weighted by Gasteiger charge is -2.14. The Morgan fingerprint density at radius 3 is 2.74 bits per heavy atom. The molecule has 0 fully saturated rings. The van der Waals surface area contributed by atoms with Gasteiger partial charge in [0.15, 0.2) is 0 Å². The minimum atomic E-state index is -0.237. The lowest BCUT2D eigenvalue weighted by Crippen LogP contribution is -2.18. The monoisotopic (exact) mass is 322 g/mol. The van der Waals surface area contributed by atoms with Gasteiger partial charge in [0.05, 0.1) is 4.47 Å². The fourth-order valence-corrected chi connectivity index (χ4v) is 2.17. The first-order valence-corrected chi connectivity index (χ1v) is 6.95. The van der Waals surface area contributed by atoms with Gasteiger partial charge in [0.25, 0.3) is 0 Å². The SMILES string of the molecule is Cc1ccc(CNC(C)c2ccc(F)c(Br)c2)cn1. The predicted octanol–water partition coefficient (Wildman–Crippen LogP) is 4.14. The van der Waals surface area contributed by atoms with Crippen molar-refractivity contribution < 1.29 is 4.39 Å². The molecule has 1 heterocycles. The zero-order valence-corrected chi connectivity index (χ0v) is 12.5. The van der Waals surface area contributed by atoms with Crippen molar-refractivity contribution in [1.82, 2.24) is 10.3 Å². The Morgan fingerprint density at radius 2 is 2.11 bits per heavy atom. The molecule has 1 N–H and O–H groups in total. The van der Waals surface area contributed by atoms with Crippen LogP contribution in [0, 0.1) is 12.7 Å². The van der Waals surface area contributed by atoms with Gasteiger partial charge in [-0.1, -0.05) is 12.1 Å². The van der Waals surface area contributed by atoms with Crippen molar-refractivity contribution in [2.45, 2.75) is 26.4 Å². The van der Waals surface area contributed by atoms with Gasteiger partial charge in [0.2, 0.25) is 0 Å². The van der Waals surface area contributed by atoms with Crippen molar-refractivity contribution in [3.8, 4) is 0 Å². The Morgan fingerprint density at radius 1 is 1.32 bits per heavy atom. The summed E-state index contributed by atoms with van der Waals surface area (Å²) in [6, 6.07) is 9.29. The van der Waals surface area contributed by atoms with Crippen LogP contribution in [0.2, 0.25) is 0 Å². The first-order valence-electron chi connectivity index (χ1n) is 6.16. The molecular weight excluding hydrogens is 307 g/mol. The van der Waals surface area contributed by atoms with E-state index in [9.17, 15) is 4.39 Å². The van der Waals surface area contributed by atoms with Gasteiger partial charge in [-0.25, -0.2) is 4.39 Å². The highest BCUT2D eigenvalue weighted by Gasteiger charge is 2.07. The molecule has 0 aliphatic rings. The molecule has 0 aliphatic heterocycles. The van der Waals surface area contributed by atoms with E-state index in [-0.39, 0.29) is 11.9 Å². The van der Waals surface area contributed by atoms with Crippen molar-refractivity contribution >= 4 is 15.9 Å². The second-order valence-electron chi connectivity index (χ2n) is 4.58. The van der Waals surface area contributed by atoms with Gasteiger partial charge in [-0.2, -0.15) is 0 Å². The molecule has 2 aromatic rings. The van der Waals surface area contributed by atoms with Crippen LogP contribution in [0.4, 0.5) is 4.39 Å². The lowest BCUT2D eigenvalue weighted by molar-refractivity contribution is 0.569. The predicted molar refractivity (Wildman–Crippen MR) is 78.3 cm³/mol. The van der Waals surface area contributed by atoms with Crippen molar-refractivity contribution in [2.24, 2.45) is 0 Å². The third kappa shape index (κ3) is 3.85. The van der Waals surface area contributed by atoms with Crippen molar-refractivity contribution in [3.05, 3.63) is 63.6 Å². The summed E-state index contributed by atoms with van der Waals surface area (Å²) in [6.45, 7) is 4.76. The van der Waals surface area contributed by atoms with Crippen LogP contribution < -0.4 is 5.32 Å². The molecular formula is C15H16BrFN2. The molecule has 100 valence electrons. The number of hydrogen-bond donors (Lipinski definition) is 1. The smallest absolute Gasteiger partial charge is 0.137 e. The summed E-state index contributed by atoms with van der Waals surface area (Å²) in [5.74, 6) is -0.237. The molecule has 0 spiro atoms. The molecule has 2 rings (SSSR count). The number of benzene rings is 1. The zero-order chi connectivity index (χ0) is 13.8. The molecule has 1 atom stereocenters. The van der Waals surface area contributed by atoms with Gasteiger partial charge in [0, 0.05) is 24.5 Å². The van der Waals surface area contributed by atoms with E-state index in [1.54, 1.807) is 12.1 Å². The summed E-state index contributed by atoms with van der Waals surface area (Å²) in [6.07, 6.45) is 1.87. The summed E-state index contributed by atoms with van der Waals surface area (Å²) in [7, 11) is 0. The molecule has 0 saturated heterocycles. The van der Waals surface area contributed by atoms with Gasteiger partial charge in [-0.05, 0) is 59.1 Å². The number of nitrogens with zero attached hydrogens (tertiary/aromatic N) is 1. The minimum Gasteiger partial charge on any atom is -0.306 e. The molecule has 0 saturated carbocycles. The second kappa shape index (κ2) is 6.26. The van der Waals surface area contributed by atoms with Crippen LogP contribution in [0.1, 0.15) is 29.8 Å². The highest BCUT2D eigenvalue weighted by Crippen LogP contribution is 2.21. The standard InChI is InChI=1S/C15H16BrFN2/c1-10-3-4-12(8-18-10)9-19-11(2)13-5-6-15(17)14(16)7-13/h3-8,11,19H,9H2,1-2H3. The molecule has 2 nitrogen and oxygen atoms in total. The van der Waals surface area contributed by atoms with E-state index >= 15 is 0 Å². The first-order chi connectivity index (χ1) is 9.06. The number of aromatic nitrogens is 1. The van der Waals surface area contributed by atoms with Gasteiger partial charge >= 0.3 is 0 Å². The van der Waals surface area contributed by atoms with E-state index in [1.165, 1.54) is 6.07 Å². The summed E-state index contributed by atoms with van der Waals surface area (Å²) < 4.78 is 13.7. The van der Waals surface area contributed by atoms with Crippen molar-refractivity contribution in [3.63, 3.8) is 0 Å². The number of hydrogen-bond acceptors (Lipinski definition) is 2. The Labute approximate surface area is 121 Å². The van der Waals surface area contributed by atoms with Crippen molar-refractivity contribution in [1.29, 1.82) is 0 Å². The number of nitrogens with one attached hydrogen (secondary N) is 1. The number of halogens is 2. The fraction of sp³-hybridized carbons (Fsp3) is 0.267. The van der Waals surface area contributed by atoms with E-state index in [1.807, 2.05) is 19.2 Å². The largest absolute Gasteiger partial charge is 0.306 e. The highest BCUT2D eigenvalue weighted by molar-refractivity contribution is 9.10. The van der Waals surface area contributed by atoms with Crippen LogP contribution in [-0.4, -0.2) is 4.98 Å². The van der Waals surface area contributed by atoms with Crippen molar-refractivity contribution in [2.75, 3.05) is 0 Å². The maximum atomic E-state index is 13.2. The molecule has 0 amide bonds. The molecule has 4 heteroatoms.